The summed E-state index contributed by atoms with van der Waals surface area (Å²) in [6.07, 6.45) is 0.615. The quantitative estimate of drug-likeness (QED) is 0.368. The van der Waals surface area contributed by atoms with E-state index in [4.69, 9.17) is 5.90 Å². The summed E-state index contributed by atoms with van der Waals surface area (Å²) in [5, 5.41) is 2.46. The lowest BCUT2D eigenvalue weighted by Crippen LogP contribution is -2.30. The molecule has 48 valence electrons. The molecule has 0 radical (unpaired) electrons. The topological polar surface area (TPSA) is 64.3 Å². The molecule has 1 atom stereocenters. The molecule has 0 aromatic heterocycles. The summed E-state index contributed by atoms with van der Waals surface area (Å²) in [7, 11) is 0. The van der Waals surface area contributed by atoms with Crippen molar-refractivity contribution in [2.45, 2.75) is 13.0 Å². The van der Waals surface area contributed by atoms with Crippen molar-refractivity contribution in [2.24, 2.45) is 5.90 Å². The average Bonchev–Trinajstić information content (AvgIpc) is 1.68. The number of nitrogens with two attached hydrogens (primary N) is 1. The van der Waals surface area contributed by atoms with Crippen molar-refractivity contribution < 1.29 is 9.63 Å². The van der Waals surface area contributed by atoms with Gasteiger partial charge in [0.1, 0.15) is 0 Å². The van der Waals surface area contributed by atoms with E-state index in [0.717, 1.165) is 0 Å². The predicted octanol–water partition coefficient (Wildman–Crippen LogP) is -0.989. The van der Waals surface area contributed by atoms with E-state index in [0.29, 0.717) is 13.0 Å². The molecule has 0 aliphatic rings. The van der Waals surface area contributed by atoms with E-state index in [-0.39, 0.29) is 6.04 Å². The molecule has 3 N–H and O–H groups in total. The first-order chi connectivity index (χ1) is 3.81. The number of rotatable bonds is 4. The van der Waals surface area contributed by atoms with E-state index >= 15 is 0 Å². The van der Waals surface area contributed by atoms with Crippen molar-refractivity contribution >= 4 is 6.41 Å². The third-order valence-electron chi connectivity index (χ3n) is 0.699. The van der Waals surface area contributed by atoms with Gasteiger partial charge in [-0.2, -0.15) is 0 Å². The molecule has 0 aliphatic carbocycles. The zero-order valence-corrected chi connectivity index (χ0v) is 4.76. The second-order valence-electron chi connectivity index (χ2n) is 1.52. The predicted molar refractivity (Wildman–Crippen MR) is 28.8 cm³/mol. The zero-order chi connectivity index (χ0) is 6.41. The Bertz CT molecular complexity index is 67.1. The van der Waals surface area contributed by atoms with Gasteiger partial charge in [-0.25, -0.2) is 5.90 Å². The number of nitrogens with one attached hydrogen (secondary N) is 1. The van der Waals surface area contributed by atoms with Crippen LogP contribution in [0.25, 0.3) is 0 Å². The van der Waals surface area contributed by atoms with Crippen molar-refractivity contribution in [3.8, 4) is 0 Å². The Morgan fingerprint density at radius 3 is 3.00 bits per heavy atom. The largest absolute Gasteiger partial charge is 0.354 e. The normalized spacial score (nSPS) is 12.8. The van der Waals surface area contributed by atoms with E-state index < -0.39 is 0 Å². The highest BCUT2D eigenvalue weighted by molar-refractivity contribution is 5.46. The number of carbonyl (C=O) groups excluding carboxylic acids is 1. The van der Waals surface area contributed by atoms with Crippen LogP contribution in [0.5, 0.6) is 0 Å². The van der Waals surface area contributed by atoms with Crippen LogP contribution < -0.4 is 11.2 Å². The monoisotopic (exact) mass is 118 g/mol. The second-order valence-corrected chi connectivity index (χ2v) is 1.52. The lowest BCUT2D eigenvalue weighted by molar-refractivity contribution is -0.110. The minimum absolute atomic E-state index is 0.00231. The van der Waals surface area contributed by atoms with Crippen LogP contribution in [0.4, 0.5) is 0 Å². The fourth-order valence-corrected chi connectivity index (χ4v) is 0.309. The van der Waals surface area contributed by atoms with Gasteiger partial charge in [0, 0.05) is 0 Å². The van der Waals surface area contributed by atoms with Crippen LogP contribution in [0, 0.1) is 0 Å². The lowest BCUT2D eigenvalue weighted by atomic mass is 10.4. The van der Waals surface area contributed by atoms with Gasteiger partial charge in [0.15, 0.2) is 0 Å². The molecule has 0 bridgehead atoms. The first-order valence-electron chi connectivity index (χ1n) is 2.32. The second kappa shape index (κ2) is 4.55. The standard InChI is InChI=1S/C4H10N2O2/c1-4(2-8-5)6-3-7/h3-4H,2,5H2,1H3,(H,6,7). The van der Waals surface area contributed by atoms with Gasteiger partial charge in [-0.05, 0) is 6.92 Å². The van der Waals surface area contributed by atoms with E-state index in [9.17, 15) is 4.79 Å². The van der Waals surface area contributed by atoms with Crippen LogP contribution in [0.1, 0.15) is 6.92 Å². The molecule has 4 heteroatoms. The maximum Gasteiger partial charge on any atom is 0.207 e. The van der Waals surface area contributed by atoms with Crippen molar-refractivity contribution in [2.75, 3.05) is 6.61 Å². The molecule has 0 aliphatic heterocycles. The summed E-state index contributed by atoms with van der Waals surface area (Å²) in [5.41, 5.74) is 0. The average molecular weight is 118 g/mol. The molecule has 8 heavy (non-hydrogen) atoms. The van der Waals surface area contributed by atoms with Gasteiger partial charge in [0.2, 0.25) is 6.41 Å². The Labute approximate surface area is 48.0 Å². The van der Waals surface area contributed by atoms with E-state index in [1.165, 1.54) is 0 Å². The lowest BCUT2D eigenvalue weighted by Gasteiger charge is -2.05. The van der Waals surface area contributed by atoms with Crippen LogP contribution in [-0.4, -0.2) is 19.1 Å². The van der Waals surface area contributed by atoms with Gasteiger partial charge < -0.3 is 10.2 Å². The number of carbonyl (C=O) groups is 1. The molecule has 0 aromatic rings. The number of hydrogen-bond donors (Lipinski definition) is 2. The van der Waals surface area contributed by atoms with Gasteiger partial charge in [0.05, 0.1) is 12.6 Å². The first-order valence-corrected chi connectivity index (χ1v) is 2.32. The maximum absolute atomic E-state index is 9.68. The van der Waals surface area contributed by atoms with E-state index in [1.54, 1.807) is 6.92 Å². The van der Waals surface area contributed by atoms with Gasteiger partial charge in [0.25, 0.3) is 0 Å². The Balaban J connectivity index is 3.03. The van der Waals surface area contributed by atoms with Crippen LogP contribution in [0.2, 0.25) is 0 Å². The van der Waals surface area contributed by atoms with Gasteiger partial charge in [-0.3, -0.25) is 4.79 Å². The molecule has 0 heterocycles. The Kier molecular flexibility index (Phi) is 4.20. The van der Waals surface area contributed by atoms with Crippen LogP contribution in [-0.2, 0) is 9.63 Å². The molecule has 0 aromatic carbocycles. The maximum atomic E-state index is 9.68. The molecule has 0 spiro atoms. The summed E-state index contributed by atoms with van der Waals surface area (Å²) < 4.78 is 0. The van der Waals surface area contributed by atoms with Crippen LogP contribution in [0.15, 0.2) is 0 Å². The summed E-state index contributed by atoms with van der Waals surface area (Å²) in [5.74, 6) is 4.70. The van der Waals surface area contributed by atoms with Crippen molar-refractivity contribution in [1.82, 2.24) is 5.32 Å². The minimum atomic E-state index is -0.00231. The zero-order valence-electron chi connectivity index (χ0n) is 4.76. The fraction of sp³-hybridized carbons (Fsp3) is 0.750. The number of amides is 1. The third kappa shape index (κ3) is 3.58. The first kappa shape index (κ1) is 7.39. The SMILES string of the molecule is CC(CON)NC=O. The van der Waals surface area contributed by atoms with Crippen LogP contribution in [0.3, 0.4) is 0 Å². The minimum Gasteiger partial charge on any atom is -0.354 e. The smallest absolute Gasteiger partial charge is 0.207 e. The molecule has 1 unspecified atom stereocenters. The highest BCUT2D eigenvalue weighted by atomic mass is 16.6. The summed E-state index contributed by atoms with van der Waals surface area (Å²) in [4.78, 5) is 13.9. The summed E-state index contributed by atoms with van der Waals surface area (Å²) in [6.45, 7) is 2.14. The van der Waals surface area contributed by atoms with E-state index in [2.05, 4.69) is 10.2 Å². The molecule has 0 rings (SSSR count). The highest BCUT2D eigenvalue weighted by Gasteiger charge is 1.94. The third-order valence-corrected chi connectivity index (χ3v) is 0.699. The Morgan fingerprint density at radius 2 is 2.62 bits per heavy atom. The summed E-state index contributed by atoms with van der Waals surface area (Å²) in [6, 6.07) is -0.00231. The Hall–Kier alpha value is -0.610. The van der Waals surface area contributed by atoms with Crippen molar-refractivity contribution in [3.05, 3.63) is 0 Å². The van der Waals surface area contributed by atoms with Gasteiger partial charge in [-0.1, -0.05) is 0 Å². The van der Waals surface area contributed by atoms with Crippen molar-refractivity contribution in [1.29, 1.82) is 0 Å². The fourth-order valence-electron chi connectivity index (χ4n) is 0.309. The van der Waals surface area contributed by atoms with Crippen LogP contribution >= 0.6 is 0 Å². The number of hydrogen-bond acceptors (Lipinski definition) is 3. The molecule has 0 fully saturated rings. The van der Waals surface area contributed by atoms with Gasteiger partial charge >= 0.3 is 0 Å². The highest BCUT2D eigenvalue weighted by Crippen LogP contribution is 1.75. The molecule has 0 saturated heterocycles. The Morgan fingerprint density at radius 1 is 2.00 bits per heavy atom. The van der Waals surface area contributed by atoms with E-state index in [1.807, 2.05) is 0 Å². The summed E-state index contributed by atoms with van der Waals surface area (Å²) >= 11 is 0. The molecule has 0 saturated carbocycles. The molecule has 4 nitrogen and oxygen atoms in total. The molecular formula is C4H10N2O2. The molecule has 1 amide bonds. The van der Waals surface area contributed by atoms with Gasteiger partial charge in [-0.15, -0.1) is 0 Å². The molecular weight excluding hydrogens is 108 g/mol. The van der Waals surface area contributed by atoms with Crippen molar-refractivity contribution in [3.63, 3.8) is 0 Å².